The third-order valence-electron chi connectivity index (χ3n) is 5.64. The number of carbonyl (C=O) groups excluding carboxylic acids is 1. The van der Waals surface area contributed by atoms with Crippen LogP contribution < -0.4 is 0 Å². The maximum atomic E-state index is 13.2. The number of carbonyl (C=O) groups is 1. The largest absolute Gasteiger partial charge is 0.384 e. The number of ether oxygens (including phenoxy) is 2. The van der Waals surface area contributed by atoms with Crippen LogP contribution in [0.3, 0.4) is 0 Å². The van der Waals surface area contributed by atoms with E-state index in [1.165, 1.54) is 5.56 Å². The van der Waals surface area contributed by atoms with Gasteiger partial charge in [0, 0.05) is 45.9 Å². The minimum atomic E-state index is 0.170. The van der Waals surface area contributed by atoms with Crippen molar-refractivity contribution in [2.24, 2.45) is 17.8 Å². The average Bonchev–Trinajstić information content (AvgIpc) is 3.11. The molecule has 1 aromatic rings. The van der Waals surface area contributed by atoms with Gasteiger partial charge in [-0.05, 0) is 49.5 Å². The van der Waals surface area contributed by atoms with Gasteiger partial charge in [0.25, 0.3) is 0 Å². The second kappa shape index (κ2) is 9.35. The fraction of sp³-hybridized carbons (Fsp3) is 0.667. The molecule has 1 saturated carbocycles. The van der Waals surface area contributed by atoms with Crippen molar-refractivity contribution in [3.05, 3.63) is 35.9 Å². The molecule has 1 amide bonds. The summed E-state index contributed by atoms with van der Waals surface area (Å²) in [5.41, 5.74) is 1.22. The first kappa shape index (κ1) is 18.4. The van der Waals surface area contributed by atoms with Crippen molar-refractivity contribution in [2.75, 3.05) is 33.5 Å². The molecule has 0 unspecified atom stereocenters. The first-order chi connectivity index (χ1) is 12.3. The van der Waals surface area contributed by atoms with Gasteiger partial charge in [-0.1, -0.05) is 30.3 Å². The molecule has 1 heterocycles. The fourth-order valence-electron chi connectivity index (χ4n) is 4.22. The SMILES string of the molecule is COC[C@@H]1CC[C@H](C(=O)N(Cc2ccccc2)CC2CCOCC2)C1. The van der Waals surface area contributed by atoms with Gasteiger partial charge in [0.1, 0.15) is 0 Å². The van der Waals surface area contributed by atoms with Crippen LogP contribution in [0.2, 0.25) is 0 Å². The van der Waals surface area contributed by atoms with Crippen LogP contribution in [-0.2, 0) is 20.8 Å². The van der Waals surface area contributed by atoms with Gasteiger partial charge in [0.15, 0.2) is 0 Å². The first-order valence-corrected chi connectivity index (χ1v) is 9.65. The van der Waals surface area contributed by atoms with Gasteiger partial charge < -0.3 is 14.4 Å². The first-order valence-electron chi connectivity index (χ1n) is 9.65. The molecule has 0 radical (unpaired) electrons. The Morgan fingerprint density at radius 1 is 1.12 bits per heavy atom. The molecule has 4 nitrogen and oxygen atoms in total. The van der Waals surface area contributed by atoms with Crippen molar-refractivity contribution in [3.8, 4) is 0 Å². The molecule has 1 aliphatic carbocycles. The lowest BCUT2D eigenvalue weighted by Crippen LogP contribution is -2.39. The molecule has 25 heavy (non-hydrogen) atoms. The lowest BCUT2D eigenvalue weighted by atomic mass is 9.97. The van der Waals surface area contributed by atoms with Crippen molar-refractivity contribution in [3.63, 3.8) is 0 Å². The second-order valence-electron chi connectivity index (χ2n) is 7.59. The Bertz CT molecular complexity index is 527. The number of hydrogen-bond donors (Lipinski definition) is 0. The van der Waals surface area contributed by atoms with E-state index in [9.17, 15) is 4.79 Å². The van der Waals surface area contributed by atoms with Gasteiger partial charge in [0.05, 0.1) is 0 Å². The van der Waals surface area contributed by atoms with E-state index in [-0.39, 0.29) is 5.92 Å². The predicted octanol–water partition coefficient (Wildman–Crippen LogP) is 3.50. The zero-order chi connectivity index (χ0) is 17.5. The van der Waals surface area contributed by atoms with Crippen LogP contribution in [0.1, 0.15) is 37.7 Å². The van der Waals surface area contributed by atoms with Gasteiger partial charge in [-0.2, -0.15) is 0 Å². The molecule has 138 valence electrons. The molecule has 4 heteroatoms. The molecule has 0 aromatic heterocycles. The molecular weight excluding hydrogens is 314 g/mol. The maximum absolute atomic E-state index is 13.2. The molecule has 1 aliphatic heterocycles. The van der Waals surface area contributed by atoms with E-state index < -0.39 is 0 Å². The van der Waals surface area contributed by atoms with E-state index in [1.807, 2.05) is 6.07 Å². The van der Waals surface area contributed by atoms with Crippen LogP contribution in [0.4, 0.5) is 0 Å². The predicted molar refractivity (Wildman–Crippen MR) is 98.1 cm³/mol. The minimum absolute atomic E-state index is 0.170. The van der Waals surface area contributed by atoms with E-state index in [1.54, 1.807) is 7.11 Å². The van der Waals surface area contributed by atoms with E-state index in [2.05, 4.69) is 29.2 Å². The summed E-state index contributed by atoms with van der Waals surface area (Å²) < 4.78 is 10.8. The molecule has 0 N–H and O–H groups in total. The van der Waals surface area contributed by atoms with Gasteiger partial charge in [-0.15, -0.1) is 0 Å². The van der Waals surface area contributed by atoms with Gasteiger partial charge in [-0.3, -0.25) is 4.79 Å². The van der Waals surface area contributed by atoms with Crippen molar-refractivity contribution in [1.82, 2.24) is 4.90 Å². The van der Waals surface area contributed by atoms with Crippen molar-refractivity contribution in [2.45, 2.75) is 38.6 Å². The lowest BCUT2D eigenvalue weighted by Gasteiger charge is -2.31. The zero-order valence-electron chi connectivity index (χ0n) is 15.4. The van der Waals surface area contributed by atoms with Crippen molar-refractivity contribution in [1.29, 1.82) is 0 Å². The Balaban J connectivity index is 1.65. The number of benzene rings is 1. The highest BCUT2D eigenvalue weighted by molar-refractivity contribution is 5.79. The van der Waals surface area contributed by atoms with Crippen LogP contribution in [0.25, 0.3) is 0 Å². The summed E-state index contributed by atoms with van der Waals surface area (Å²) in [6.45, 7) is 4.03. The molecule has 2 fully saturated rings. The highest BCUT2D eigenvalue weighted by atomic mass is 16.5. The Labute approximate surface area is 151 Å². The lowest BCUT2D eigenvalue weighted by molar-refractivity contribution is -0.137. The average molecular weight is 345 g/mol. The van der Waals surface area contributed by atoms with Crippen molar-refractivity contribution >= 4 is 5.91 Å². The Morgan fingerprint density at radius 3 is 2.60 bits per heavy atom. The van der Waals surface area contributed by atoms with Crippen LogP contribution in [0.5, 0.6) is 0 Å². The van der Waals surface area contributed by atoms with E-state index in [4.69, 9.17) is 9.47 Å². The molecule has 0 bridgehead atoms. The quantitative estimate of drug-likeness (QED) is 0.759. The zero-order valence-corrected chi connectivity index (χ0v) is 15.4. The van der Waals surface area contributed by atoms with Crippen LogP contribution in [-0.4, -0.2) is 44.3 Å². The fourth-order valence-corrected chi connectivity index (χ4v) is 4.22. The van der Waals surface area contributed by atoms with Crippen LogP contribution in [0, 0.1) is 17.8 Å². The monoisotopic (exact) mass is 345 g/mol. The second-order valence-corrected chi connectivity index (χ2v) is 7.59. The summed E-state index contributed by atoms with van der Waals surface area (Å²) in [4.78, 5) is 15.3. The molecule has 2 aliphatic rings. The number of hydrogen-bond acceptors (Lipinski definition) is 3. The summed E-state index contributed by atoms with van der Waals surface area (Å²) in [6, 6.07) is 10.4. The highest BCUT2D eigenvalue weighted by Gasteiger charge is 2.33. The third kappa shape index (κ3) is 5.29. The van der Waals surface area contributed by atoms with E-state index >= 15 is 0 Å². The minimum Gasteiger partial charge on any atom is -0.384 e. The summed E-state index contributed by atoms with van der Waals surface area (Å²) >= 11 is 0. The molecule has 1 aromatic carbocycles. The van der Waals surface area contributed by atoms with Crippen LogP contribution in [0.15, 0.2) is 30.3 Å². The smallest absolute Gasteiger partial charge is 0.226 e. The summed E-state index contributed by atoms with van der Waals surface area (Å²) in [5, 5.41) is 0. The topological polar surface area (TPSA) is 38.8 Å². The summed E-state index contributed by atoms with van der Waals surface area (Å²) in [5.74, 6) is 1.62. The Kier molecular flexibility index (Phi) is 6.88. The highest BCUT2D eigenvalue weighted by Crippen LogP contribution is 2.33. The van der Waals surface area contributed by atoms with Gasteiger partial charge >= 0.3 is 0 Å². The third-order valence-corrected chi connectivity index (χ3v) is 5.64. The Morgan fingerprint density at radius 2 is 1.88 bits per heavy atom. The van der Waals surface area contributed by atoms with Crippen LogP contribution >= 0.6 is 0 Å². The molecule has 2 atom stereocenters. The van der Waals surface area contributed by atoms with Gasteiger partial charge in [-0.25, -0.2) is 0 Å². The van der Waals surface area contributed by atoms with E-state index in [0.29, 0.717) is 17.7 Å². The van der Waals surface area contributed by atoms with Crippen molar-refractivity contribution < 1.29 is 14.3 Å². The Hall–Kier alpha value is -1.39. The summed E-state index contributed by atoms with van der Waals surface area (Å²) in [6.07, 6.45) is 5.23. The standard InChI is InChI=1S/C21H31NO3/c1-24-16-19-7-8-20(13-19)21(23)22(14-17-5-3-2-4-6-17)15-18-9-11-25-12-10-18/h2-6,18-20H,7-16H2,1H3/t19-,20+/m1/s1. The van der Waals surface area contributed by atoms with Gasteiger partial charge in [0.2, 0.25) is 5.91 Å². The normalized spacial score (nSPS) is 24.4. The molecule has 0 spiro atoms. The molecular formula is C21H31NO3. The number of amides is 1. The number of nitrogens with zero attached hydrogens (tertiary/aromatic N) is 1. The molecule has 3 rings (SSSR count). The maximum Gasteiger partial charge on any atom is 0.226 e. The number of rotatable bonds is 7. The number of methoxy groups -OCH3 is 1. The molecule has 1 saturated heterocycles. The summed E-state index contributed by atoms with van der Waals surface area (Å²) in [7, 11) is 1.75. The van der Waals surface area contributed by atoms with E-state index in [0.717, 1.165) is 65.0 Å².